The van der Waals surface area contributed by atoms with Gasteiger partial charge in [-0.25, -0.2) is 0 Å². The second-order valence-electron chi connectivity index (χ2n) is 6.23. The Morgan fingerprint density at radius 1 is 1.31 bits per heavy atom. The lowest BCUT2D eigenvalue weighted by Crippen LogP contribution is -2.36. The first-order valence-corrected chi connectivity index (χ1v) is 9.41. The van der Waals surface area contributed by atoms with E-state index in [1.807, 2.05) is 12.1 Å². The summed E-state index contributed by atoms with van der Waals surface area (Å²) >= 11 is 1.76. The third-order valence-corrected chi connectivity index (χ3v) is 5.37. The molecule has 1 aliphatic rings. The molecule has 26 heavy (non-hydrogen) atoms. The van der Waals surface area contributed by atoms with Crippen LogP contribution in [-0.2, 0) is 11.3 Å². The summed E-state index contributed by atoms with van der Waals surface area (Å²) < 4.78 is 5.39. The van der Waals surface area contributed by atoms with E-state index < -0.39 is 0 Å². The number of nitrogens with zero attached hydrogens (tertiary/aromatic N) is 2. The largest absolute Gasteiger partial charge is 0.378 e. The van der Waals surface area contributed by atoms with Crippen LogP contribution >= 0.6 is 11.3 Å². The van der Waals surface area contributed by atoms with Crippen molar-refractivity contribution < 1.29 is 4.74 Å². The first-order chi connectivity index (χ1) is 12.7. The lowest BCUT2D eigenvalue weighted by Gasteiger charge is -2.28. The van der Waals surface area contributed by atoms with Crippen LogP contribution in [-0.4, -0.2) is 41.5 Å². The minimum Gasteiger partial charge on any atom is -0.378 e. The molecule has 0 spiro atoms. The van der Waals surface area contributed by atoms with Gasteiger partial charge in [-0.1, -0.05) is 0 Å². The summed E-state index contributed by atoms with van der Waals surface area (Å²) in [4.78, 5) is 19.9. The van der Waals surface area contributed by atoms with Crippen molar-refractivity contribution >= 4 is 22.8 Å². The molecule has 8 heteroatoms. The van der Waals surface area contributed by atoms with Gasteiger partial charge in [0, 0.05) is 35.1 Å². The highest BCUT2D eigenvalue weighted by Crippen LogP contribution is 2.22. The van der Waals surface area contributed by atoms with Crippen molar-refractivity contribution in [1.29, 1.82) is 0 Å². The van der Waals surface area contributed by atoms with Crippen molar-refractivity contribution in [3.8, 4) is 11.3 Å². The van der Waals surface area contributed by atoms with Crippen LogP contribution in [0.3, 0.4) is 0 Å². The van der Waals surface area contributed by atoms with Crippen molar-refractivity contribution in [2.24, 2.45) is 0 Å². The van der Waals surface area contributed by atoms with Crippen molar-refractivity contribution in [1.82, 2.24) is 15.2 Å². The number of aromatic amines is 2. The summed E-state index contributed by atoms with van der Waals surface area (Å²) in [5, 5.41) is 10.5. The highest BCUT2D eigenvalue weighted by Gasteiger charge is 2.15. The number of anilines is 2. The van der Waals surface area contributed by atoms with Crippen LogP contribution < -0.4 is 15.8 Å². The van der Waals surface area contributed by atoms with Gasteiger partial charge in [0.15, 0.2) is 0 Å². The number of ether oxygens (including phenoxy) is 1. The van der Waals surface area contributed by atoms with Crippen molar-refractivity contribution in [2.75, 3.05) is 36.5 Å². The Morgan fingerprint density at radius 3 is 2.92 bits per heavy atom. The van der Waals surface area contributed by atoms with Gasteiger partial charge in [-0.2, -0.15) is 5.10 Å². The predicted molar refractivity (Wildman–Crippen MR) is 104 cm³/mol. The number of pyridine rings is 1. The molecule has 0 amide bonds. The number of aromatic nitrogens is 3. The van der Waals surface area contributed by atoms with Crippen LogP contribution in [0, 0.1) is 6.92 Å². The Morgan fingerprint density at radius 2 is 2.15 bits per heavy atom. The van der Waals surface area contributed by atoms with Crippen molar-refractivity contribution in [2.45, 2.75) is 13.5 Å². The molecule has 7 nitrogen and oxygen atoms in total. The van der Waals surface area contributed by atoms with Gasteiger partial charge in [-0.3, -0.25) is 9.89 Å². The normalized spacial score (nSPS) is 14.6. The van der Waals surface area contributed by atoms with E-state index in [-0.39, 0.29) is 5.56 Å². The summed E-state index contributed by atoms with van der Waals surface area (Å²) in [6, 6.07) is 7.99. The van der Waals surface area contributed by atoms with E-state index in [2.05, 4.69) is 44.5 Å². The van der Waals surface area contributed by atoms with Gasteiger partial charge in [0.25, 0.3) is 5.56 Å². The molecule has 1 fully saturated rings. The highest BCUT2D eigenvalue weighted by atomic mass is 32.1. The monoisotopic (exact) mass is 371 g/mol. The van der Waals surface area contributed by atoms with E-state index in [0.29, 0.717) is 31.0 Å². The first-order valence-electron chi connectivity index (χ1n) is 8.59. The van der Waals surface area contributed by atoms with Gasteiger partial charge in [0.05, 0.1) is 36.7 Å². The smallest absolute Gasteiger partial charge is 0.257 e. The van der Waals surface area contributed by atoms with E-state index >= 15 is 0 Å². The number of H-pyrrole nitrogens is 2. The molecule has 4 rings (SSSR count). The topological polar surface area (TPSA) is 86.0 Å². The minimum absolute atomic E-state index is 0.133. The Labute approximate surface area is 155 Å². The van der Waals surface area contributed by atoms with E-state index in [4.69, 9.17) is 4.74 Å². The van der Waals surface area contributed by atoms with Crippen LogP contribution in [0.5, 0.6) is 0 Å². The molecule has 136 valence electrons. The van der Waals surface area contributed by atoms with Crippen LogP contribution in [0.4, 0.5) is 11.5 Å². The van der Waals surface area contributed by atoms with Crippen molar-refractivity contribution in [3.05, 3.63) is 50.6 Å². The van der Waals surface area contributed by atoms with Gasteiger partial charge >= 0.3 is 0 Å². The first kappa shape index (κ1) is 16.9. The Kier molecular flexibility index (Phi) is 4.77. The summed E-state index contributed by atoms with van der Waals surface area (Å²) in [6.45, 7) is 5.86. The van der Waals surface area contributed by atoms with Crippen LogP contribution in [0.25, 0.3) is 11.3 Å². The van der Waals surface area contributed by atoms with E-state index in [0.717, 1.165) is 24.6 Å². The van der Waals surface area contributed by atoms with Crippen LogP contribution in [0.15, 0.2) is 35.3 Å². The number of aryl methyl sites for hydroxylation is 1. The van der Waals surface area contributed by atoms with Crippen LogP contribution in [0.1, 0.15) is 9.75 Å². The summed E-state index contributed by atoms with van der Waals surface area (Å²) in [7, 11) is 0. The minimum atomic E-state index is -0.133. The molecular weight excluding hydrogens is 350 g/mol. The zero-order chi connectivity index (χ0) is 17.9. The molecule has 0 saturated carbocycles. The number of hydrogen-bond acceptors (Lipinski definition) is 6. The second-order valence-corrected chi connectivity index (χ2v) is 7.61. The molecule has 0 bridgehead atoms. The fourth-order valence-electron chi connectivity index (χ4n) is 2.98. The van der Waals surface area contributed by atoms with Gasteiger partial charge in [-0.15, -0.1) is 11.3 Å². The fraction of sp³-hybridized carbons (Fsp3) is 0.333. The van der Waals surface area contributed by atoms with E-state index in [1.165, 1.54) is 9.75 Å². The summed E-state index contributed by atoms with van der Waals surface area (Å²) in [5.41, 5.74) is 2.14. The SMILES string of the molecule is Cc1ccc(CNc2cc(-c3cc(N4CCOCC4)c[nH]c3=O)[nH]n2)s1. The molecule has 3 aromatic rings. The molecule has 0 aliphatic carbocycles. The maximum absolute atomic E-state index is 12.3. The Balaban J connectivity index is 1.51. The molecule has 0 radical (unpaired) electrons. The number of thiophene rings is 1. The van der Waals surface area contributed by atoms with Gasteiger partial charge in [0.1, 0.15) is 5.82 Å². The van der Waals surface area contributed by atoms with Crippen LogP contribution in [0.2, 0.25) is 0 Å². The van der Waals surface area contributed by atoms with Gasteiger partial charge in [0.2, 0.25) is 0 Å². The predicted octanol–water partition coefficient (Wildman–Crippen LogP) is 2.58. The lowest BCUT2D eigenvalue weighted by atomic mass is 10.2. The van der Waals surface area contributed by atoms with Gasteiger partial charge < -0.3 is 19.9 Å². The van der Waals surface area contributed by atoms with Gasteiger partial charge in [-0.05, 0) is 25.1 Å². The number of hydrogen-bond donors (Lipinski definition) is 3. The molecule has 0 aromatic carbocycles. The molecule has 3 N–H and O–H groups in total. The third kappa shape index (κ3) is 3.66. The van der Waals surface area contributed by atoms with E-state index in [1.54, 1.807) is 17.5 Å². The Bertz CT molecular complexity index is 939. The van der Waals surface area contributed by atoms with E-state index in [9.17, 15) is 4.79 Å². The molecule has 1 aliphatic heterocycles. The second kappa shape index (κ2) is 7.35. The third-order valence-electron chi connectivity index (χ3n) is 4.37. The van der Waals surface area contributed by atoms with Crippen molar-refractivity contribution in [3.63, 3.8) is 0 Å². The summed E-state index contributed by atoms with van der Waals surface area (Å²) in [5.74, 6) is 0.724. The average Bonchev–Trinajstić information content (AvgIpc) is 3.30. The summed E-state index contributed by atoms with van der Waals surface area (Å²) in [6.07, 6.45) is 1.76. The zero-order valence-corrected chi connectivity index (χ0v) is 15.4. The highest BCUT2D eigenvalue weighted by molar-refractivity contribution is 7.11. The molecule has 0 unspecified atom stereocenters. The number of morpholine rings is 1. The fourth-order valence-corrected chi connectivity index (χ4v) is 3.81. The maximum Gasteiger partial charge on any atom is 0.257 e. The quantitative estimate of drug-likeness (QED) is 0.642. The molecule has 1 saturated heterocycles. The lowest BCUT2D eigenvalue weighted by molar-refractivity contribution is 0.122. The molecular formula is C18H21N5O2S. The average molecular weight is 371 g/mol. The maximum atomic E-state index is 12.3. The Hall–Kier alpha value is -2.58. The number of rotatable bonds is 5. The molecule has 4 heterocycles. The number of nitrogens with one attached hydrogen (secondary N) is 3. The molecule has 3 aromatic heterocycles. The zero-order valence-electron chi connectivity index (χ0n) is 14.5. The molecule has 0 atom stereocenters. The standard InChI is InChI=1S/C18H21N5O2S/c1-12-2-3-14(26-12)11-19-17-9-16(21-22-17)15-8-13(10-20-18(15)24)23-4-6-25-7-5-23/h2-3,8-10H,4-7,11H2,1H3,(H,20,24)(H2,19,21,22).